The molecule has 1 aliphatic heterocycles. The predicted molar refractivity (Wildman–Crippen MR) is 148 cm³/mol. The van der Waals surface area contributed by atoms with Gasteiger partial charge in [-0.25, -0.2) is 4.98 Å². The van der Waals surface area contributed by atoms with Gasteiger partial charge in [-0.05, 0) is 48.2 Å². The van der Waals surface area contributed by atoms with Gasteiger partial charge in [0.2, 0.25) is 11.7 Å². The van der Waals surface area contributed by atoms with Crippen molar-refractivity contribution in [2.24, 2.45) is 10.9 Å². The number of hydrogen-bond donors (Lipinski definition) is 2. The van der Waals surface area contributed by atoms with Crippen LogP contribution in [0.4, 0.5) is 0 Å². The standard InChI is InChI=1S/C29H27N5O3S/c30-31-18-20-9-6-8-19(16-20)17-23(26(35)28-33-22-12-4-5-14-25(22)38-28)32-27(36)24-13-7-15-34(24)29(37)21-10-2-1-3-11-21/h1-6,8-12,14,16,18,23-24H,7,13,15,17,30H2,(H,32,36)/t23?,24-/m0/s1. The van der Waals surface area contributed by atoms with Crippen LogP contribution in [0.5, 0.6) is 0 Å². The number of likely N-dealkylation sites (tertiary alicyclic amines) is 1. The number of carbonyl (C=O) groups is 3. The molecule has 1 fully saturated rings. The monoisotopic (exact) mass is 525 g/mol. The van der Waals surface area contributed by atoms with Crippen molar-refractivity contribution in [1.82, 2.24) is 15.2 Å². The number of nitrogens with one attached hydrogen (secondary N) is 1. The molecule has 0 aliphatic carbocycles. The van der Waals surface area contributed by atoms with Crippen molar-refractivity contribution in [3.05, 3.63) is 101 Å². The maximum absolute atomic E-state index is 13.7. The molecule has 2 heterocycles. The van der Waals surface area contributed by atoms with E-state index >= 15 is 0 Å². The van der Waals surface area contributed by atoms with Crippen LogP contribution < -0.4 is 11.2 Å². The van der Waals surface area contributed by atoms with Crippen molar-refractivity contribution in [2.75, 3.05) is 6.54 Å². The largest absolute Gasteiger partial charge is 0.344 e. The lowest BCUT2D eigenvalue weighted by molar-refractivity contribution is -0.125. The van der Waals surface area contributed by atoms with Gasteiger partial charge in [-0.2, -0.15) is 5.10 Å². The fourth-order valence-corrected chi connectivity index (χ4v) is 5.71. The first-order chi connectivity index (χ1) is 18.5. The molecule has 1 unspecified atom stereocenters. The molecular formula is C29H27N5O3S. The average Bonchev–Trinajstić information content (AvgIpc) is 3.60. The van der Waals surface area contributed by atoms with Crippen LogP contribution >= 0.6 is 11.3 Å². The van der Waals surface area contributed by atoms with Gasteiger partial charge in [-0.15, -0.1) is 11.3 Å². The lowest BCUT2D eigenvalue weighted by atomic mass is 10.00. The quantitative estimate of drug-likeness (QED) is 0.157. The van der Waals surface area contributed by atoms with Gasteiger partial charge in [0.05, 0.1) is 22.5 Å². The summed E-state index contributed by atoms with van der Waals surface area (Å²) < 4.78 is 0.900. The second-order valence-electron chi connectivity index (χ2n) is 9.16. The molecule has 0 radical (unpaired) electrons. The zero-order valence-electron chi connectivity index (χ0n) is 20.6. The molecule has 38 heavy (non-hydrogen) atoms. The van der Waals surface area contributed by atoms with E-state index in [0.29, 0.717) is 30.0 Å². The Kier molecular flexibility index (Phi) is 7.55. The predicted octanol–water partition coefficient (Wildman–Crippen LogP) is 3.80. The molecule has 1 aliphatic rings. The highest BCUT2D eigenvalue weighted by molar-refractivity contribution is 7.20. The van der Waals surface area contributed by atoms with Crippen LogP contribution in [0, 0.1) is 0 Å². The molecule has 0 spiro atoms. The number of hydrogen-bond acceptors (Lipinski definition) is 7. The van der Waals surface area contributed by atoms with Gasteiger partial charge >= 0.3 is 0 Å². The van der Waals surface area contributed by atoms with Crippen molar-refractivity contribution in [2.45, 2.75) is 31.3 Å². The van der Waals surface area contributed by atoms with Gasteiger partial charge in [-0.1, -0.05) is 54.6 Å². The maximum atomic E-state index is 13.7. The lowest BCUT2D eigenvalue weighted by Crippen LogP contribution is -2.51. The van der Waals surface area contributed by atoms with E-state index in [1.807, 2.05) is 54.6 Å². The van der Waals surface area contributed by atoms with E-state index in [4.69, 9.17) is 5.84 Å². The van der Waals surface area contributed by atoms with Gasteiger partial charge < -0.3 is 16.1 Å². The van der Waals surface area contributed by atoms with Crippen LogP contribution in [0.3, 0.4) is 0 Å². The third kappa shape index (κ3) is 5.47. The summed E-state index contributed by atoms with van der Waals surface area (Å²) in [4.78, 5) is 46.5. The van der Waals surface area contributed by atoms with Gasteiger partial charge in [0, 0.05) is 18.5 Å². The third-order valence-electron chi connectivity index (χ3n) is 6.59. The molecular weight excluding hydrogens is 498 g/mol. The number of hydrazone groups is 1. The Morgan fingerprint density at radius 1 is 1.08 bits per heavy atom. The smallest absolute Gasteiger partial charge is 0.254 e. The topological polar surface area (TPSA) is 118 Å². The van der Waals surface area contributed by atoms with E-state index in [-0.39, 0.29) is 24.0 Å². The number of nitrogens with two attached hydrogens (primary N) is 1. The minimum atomic E-state index is -0.859. The molecule has 192 valence electrons. The molecule has 4 aromatic rings. The van der Waals surface area contributed by atoms with Crippen molar-refractivity contribution in [3.8, 4) is 0 Å². The number of para-hydroxylation sites is 1. The number of ketones is 1. The average molecular weight is 526 g/mol. The Labute approximate surface area is 224 Å². The number of amides is 2. The van der Waals surface area contributed by atoms with Crippen molar-refractivity contribution in [1.29, 1.82) is 0 Å². The fraction of sp³-hybridized carbons (Fsp3) is 0.207. The molecule has 3 N–H and O–H groups in total. The Bertz CT molecular complexity index is 1470. The van der Waals surface area contributed by atoms with Gasteiger partial charge in [0.25, 0.3) is 5.91 Å². The van der Waals surface area contributed by atoms with E-state index in [0.717, 1.165) is 21.3 Å². The van der Waals surface area contributed by atoms with E-state index in [1.165, 1.54) is 17.6 Å². The first kappa shape index (κ1) is 25.3. The van der Waals surface area contributed by atoms with Crippen LogP contribution in [0.1, 0.15) is 44.1 Å². The van der Waals surface area contributed by atoms with Crippen LogP contribution in [-0.2, 0) is 11.2 Å². The summed E-state index contributed by atoms with van der Waals surface area (Å²) >= 11 is 1.30. The van der Waals surface area contributed by atoms with E-state index in [2.05, 4.69) is 15.4 Å². The molecule has 9 heteroatoms. The number of Topliss-reactive ketones (excluding diaryl/α,β-unsaturated/α-hetero) is 1. The van der Waals surface area contributed by atoms with E-state index < -0.39 is 12.1 Å². The molecule has 8 nitrogen and oxygen atoms in total. The molecule has 0 saturated carbocycles. The maximum Gasteiger partial charge on any atom is 0.254 e. The minimum Gasteiger partial charge on any atom is -0.344 e. The molecule has 2 amide bonds. The minimum absolute atomic E-state index is 0.189. The molecule has 3 aromatic carbocycles. The SMILES string of the molecule is NN=Cc1cccc(CC(NC(=O)[C@@H]2CCCN2C(=O)c2ccccc2)C(=O)c2nc3ccccc3s2)c1. The fourth-order valence-electron chi connectivity index (χ4n) is 4.75. The van der Waals surface area contributed by atoms with Gasteiger partial charge in [0.1, 0.15) is 6.04 Å². The van der Waals surface area contributed by atoms with Gasteiger partial charge in [-0.3, -0.25) is 14.4 Å². The van der Waals surface area contributed by atoms with Crippen molar-refractivity contribution in [3.63, 3.8) is 0 Å². The number of rotatable bonds is 8. The summed E-state index contributed by atoms with van der Waals surface area (Å²) in [5.41, 5.74) is 2.90. The Morgan fingerprint density at radius 2 is 1.87 bits per heavy atom. The zero-order valence-corrected chi connectivity index (χ0v) is 21.4. The summed E-state index contributed by atoms with van der Waals surface area (Å²) in [7, 11) is 0. The summed E-state index contributed by atoms with van der Waals surface area (Å²) in [6, 6.07) is 22.4. The second kappa shape index (κ2) is 11.4. The Morgan fingerprint density at radius 3 is 2.66 bits per heavy atom. The zero-order chi connectivity index (χ0) is 26.5. The highest BCUT2D eigenvalue weighted by Gasteiger charge is 2.36. The first-order valence-corrected chi connectivity index (χ1v) is 13.2. The van der Waals surface area contributed by atoms with Gasteiger partial charge in [0.15, 0.2) is 5.01 Å². The van der Waals surface area contributed by atoms with Crippen molar-refractivity contribution < 1.29 is 14.4 Å². The summed E-state index contributed by atoms with van der Waals surface area (Å²) in [6.45, 7) is 0.489. The number of nitrogens with zero attached hydrogens (tertiary/aromatic N) is 3. The number of thiazole rings is 1. The lowest BCUT2D eigenvalue weighted by Gasteiger charge is -2.26. The Hall–Kier alpha value is -4.37. The number of benzene rings is 3. The van der Waals surface area contributed by atoms with Crippen LogP contribution in [0.15, 0.2) is 84.0 Å². The van der Waals surface area contributed by atoms with Crippen LogP contribution in [0.2, 0.25) is 0 Å². The number of fused-ring (bicyclic) bond motifs is 1. The Balaban J connectivity index is 1.41. The molecule has 0 bridgehead atoms. The number of aromatic nitrogens is 1. The molecule has 1 saturated heterocycles. The number of carbonyl (C=O) groups excluding carboxylic acids is 3. The second-order valence-corrected chi connectivity index (χ2v) is 10.2. The summed E-state index contributed by atoms with van der Waals surface area (Å²) in [6.07, 6.45) is 3.03. The molecule has 1 aromatic heterocycles. The van der Waals surface area contributed by atoms with E-state index in [1.54, 1.807) is 29.2 Å². The molecule has 5 rings (SSSR count). The normalized spacial score (nSPS) is 16.1. The molecule has 2 atom stereocenters. The summed E-state index contributed by atoms with van der Waals surface area (Å²) in [5, 5.41) is 6.87. The summed E-state index contributed by atoms with van der Waals surface area (Å²) in [5.74, 6) is 4.51. The highest BCUT2D eigenvalue weighted by Crippen LogP contribution is 2.25. The van der Waals surface area contributed by atoms with Crippen LogP contribution in [-0.4, -0.2) is 52.3 Å². The van der Waals surface area contributed by atoms with Crippen molar-refractivity contribution >= 4 is 45.4 Å². The van der Waals surface area contributed by atoms with Crippen LogP contribution in [0.25, 0.3) is 10.2 Å². The highest BCUT2D eigenvalue weighted by atomic mass is 32.1. The first-order valence-electron chi connectivity index (χ1n) is 12.4. The third-order valence-corrected chi connectivity index (χ3v) is 7.64. The van der Waals surface area contributed by atoms with E-state index in [9.17, 15) is 14.4 Å².